The number of carbonyl (C=O) groups is 1. The van der Waals surface area contributed by atoms with Crippen LogP contribution in [0.5, 0.6) is 0 Å². The van der Waals surface area contributed by atoms with Crippen molar-refractivity contribution in [1.29, 1.82) is 0 Å². The van der Waals surface area contributed by atoms with Gasteiger partial charge in [-0.05, 0) is 24.5 Å². The molecule has 1 saturated heterocycles. The molecule has 0 aromatic heterocycles. The molecule has 1 heterocycles. The minimum absolute atomic E-state index is 0.0297. The second-order valence-corrected chi connectivity index (χ2v) is 6.27. The predicted octanol–water partition coefficient (Wildman–Crippen LogP) is 3.33. The number of nitrogens with zero attached hydrogens (tertiary/aromatic N) is 1. The Morgan fingerprint density at radius 1 is 1.08 bits per heavy atom. The number of piperidine rings is 1. The van der Waals surface area contributed by atoms with Crippen LogP contribution in [-0.4, -0.2) is 43.3 Å². The average Bonchev–Trinajstić information content (AvgIpc) is 2.65. The number of carbonyl (C=O) groups excluding carboxylic acids is 1. The van der Waals surface area contributed by atoms with Crippen molar-refractivity contribution in [3.63, 3.8) is 0 Å². The molecule has 1 aliphatic rings. The van der Waals surface area contributed by atoms with Crippen LogP contribution in [0.3, 0.4) is 0 Å². The standard InChI is InChI=1S/C20H25N3O2/c21-12-15-23-13-10-17(11-14-23)25-20(24)22-19-9-5-4-8-18(19)16-6-2-1-3-7-16/h1-9,17H,10-15,21H2,(H,22,24). The van der Waals surface area contributed by atoms with E-state index in [1.54, 1.807) is 0 Å². The van der Waals surface area contributed by atoms with Gasteiger partial charge in [0.15, 0.2) is 0 Å². The van der Waals surface area contributed by atoms with Crippen molar-refractivity contribution in [3.8, 4) is 11.1 Å². The number of nitrogens with two attached hydrogens (primary N) is 1. The number of ether oxygens (including phenoxy) is 1. The van der Waals surface area contributed by atoms with E-state index in [0.29, 0.717) is 6.54 Å². The molecule has 0 saturated carbocycles. The lowest BCUT2D eigenvalue weighted by molar-refractivity contribution is 0.0599. The predicted molar refractivity (Wildman–Crippen MR) is 100 cm³/mol. The molecule has 132 valence electrons. The molecule has 5 nitrogen and oxygen atoms in total. The van der Waals surface area contributed by atoms with E-state index in [1.165, 1.54) is 0 Å². The van der Waals surface area contributed by atoms with Crippen LogP contribution in [0.15, 0.2) is 54.6 Å². The van der Waals surface area contributed by atoms with Gasteiger partial charge in [0.05, 0.1) is 5.69 Å². The molecule has 3 N–H and O–H groups in total. The summed E-state index contributed by atoms with van der Waals surface area (Å²) in [6.07, 6.45) is 1.29. The Balaban J connectivity index is 1.59. The second kappa shape index (κ2) is 8.65. The Hall–Kier alpha value is -2.37. The average molecular weight is 339 g/mol. The van der Waals surface area contributed by atoms with Crippen LogP contribution < -0.4 is 11.1 Å². The van der Waals surface area contributed by atoms with Crippen molar-refractivity contribution in [2.75, 3.05) is 31.5 Å². The molecule has 1 fully saturated rings. The summed E-state index contributed by atoms with van der Waals surface area (Å²) in [6, 6.07) is 17.8. The van der Waals surface area contributed by atoms with Gasteiger partial charge in [-0.1, -0.05) is 48.5 Å². The quantitative estimate of drug-likeness (QED) is 0.877. The lowest BCUT2D eigenvalue weighted by Crippen LogP contribution is -2.40. The lowest BCUT2D eigenvalue weighted by Gasteiger charge is -2.31. The van der Waals surface area contributed by atoms with Crippen molar-refractivity contribution in [1.82, 2.24) is 4.90 Å². The maximum Gasteiger partial charge on any atom is 0.411 e. The van der Waals surface area contributed by atoms with E-state index in [-0.39, 0.29) is 12.2 Å². The summed E-state index contributed by atoms with van der Waals surface area (Å²) in [5.41, 5.74) is 8.40. The minimum atomic E-state index is -0.388. The van der Waals surface area contributed by atoms with E-state index in [1.807, 2.05) is 54.6 Å². The molecule has 2 aromatic rings. The normalized spacial score (nSPS) is 15.7. The Labute approximate surface area is 148 Å². The molecule has 2 aromatic carbocycles. The van der Waals surface area contributed by atoms with E-state index in [9.17, 15) is 4.79 Å². The number of para-hydroxylation sites is 1. The third kappa shape index (κ3) is 4.81. The molecule has 0 unspecified atom stereocenters. The molecule has 0 aliphatic carbocycles. The first-order chi connectivity index (χ1) is 12.3. The van der Waals surface area contributed by atoms with Crippen LogP contribution in [0.2, 0.25) is 0 Å². The fraction of sp³-hybridized carbons (Fsp3) is 0.350. The number of rotatable bonds is 5. The molecule has 5 heteroatoms. The lowest BCUT2D eigenvalue weighted by atomic mass is 10.0. The van der Waals surface area contributed by atoms with Gasteiger partial charge in [-0.2, -0.15) is 0 Å². The van der Waals surface area contributed by atoms with Crippen molar-refractivity contribution in [3.05, 3.63) is 54.6 Å². The van der Waals surface area contributed by atoms with E-state index in [2.05, 4.69) is 10.2 Å². The molecule has 0 radical (unpaired) electrons. The second-order valence-electron chi connectivity index (χ2n) is 6.27. The Bertz CT molecular complexity index is 682. The maximum absolute atomic E-state index is 12.3. The first kappa shape index (κ1) is 17.5. The highest BCUT2D eigenvalue weighted by molar-refractivity contribution is 5.91. The third-order valence-corrected chi connectivity index (χ3v) is 4.50. The van der Waals surface area contributed by atoms with Crippen LogP contribution >= 0.6 is 0 Å². The van der Waals surface area contributed by atoms with Gasteiger partial charge in [0, 0.05) is 31.7 Å². The first-order valence-corrected chi connectivity index (χ1v) is 8.81. The van der Waals surface area contributed by atoms with Gasteiger partial charge in [0.2, 0.25) is 0 Å². The third-order valence-electron chi connectivity index (χ3n) is 4.50. The van der Waals surface area contributed by atoms with Crippen molar-refractivity contribution in [2.45, 2.75) is 18.9 Å². The van der Waals surface area contributed by atoms with Crippen LogP contribution in [0.25, 0.3) is 11.1 Å². The van der Waals surface area contributed by atoms with Crippen LogP contribution in [0.1, 0.15) is 12.8 Å². The molecular formula is C20H25N3O2. The Morgan fingerprint density at radius 3 is 2.48 bits per heavy atom. The summed E-state index contributed by atoms with van der Waals surface area (Å²) in [7, 11) is 0. The van der Waals surface area contributed by atoms with E-state index >= 15 is 0 Å². The number of nitrogens with one attached hydrogen (secondary N) is 1. The van der Waals surface area contributed by atoms with Crippen LogP contribution in [-0.2, 0) is 4.74 Å². The zero-order valence-corrected chi connectivity index (χ0v) is 14.4. The number of hydrogen-bond donors (Lipinski definition) is 2. The van der Waals surface area contributed by atoms with Gasteiger partial charge in [-0.15, -0.1) is 0 Å². The SMILES string of the molecule is NCCN1CCC(OC(=O)Nc2ccccc2-c2ccccc2)CC1. The largest absolute Gasteiger partial charge is 0.446 e. The molecule has 25 heavy (non-hydrogen) atoms. The fourth-order valence-corrected chi connectivity index (χ4v) is 3.19. The molecule has 3 rings (SSSR count). The van der Waals surface area contributed by atoms with Crippen molar-refractivity contribution >= 4 is 11.8 Å². The van der Waals surface area contributed by atoms with Crippen LogP contribution in [0.4, 0.5) is 10.5 Å². The van der Waals surface area contributed by atoms with Gasteiger partial charge in [-0.25, -0.2) is 4.79 Å². The number of amides is 1. The fourth-order valence-electron chi connectivity index (χ4n) is 3.19. The zero-order valence-electron chi connectivity index (χ0n) is 14.4. The number of likely N-dealkylation sites (tertiary alicyclic amines) is 1. The van der Waals surface area contributed by atoms with E-state index in [4.69, 9.17) is 10.5 Å². The summed E-state index contributed by atoms with van der Waals surface area (Å²) in [5, 5.41) is 2.90. The minimum Gasteiger partial charge on any atom is -0.446 e. The zero-order chi connectivity index (χ0) is 17.5. The van der Waals surface area contributed by atoms with E-state index in [0.717, 1.165) is 49.3 Å². The monoisotopic (exact) mass is 339 g/mol. The van der Waals surface area contributed by atoms with Gasteiger partial charge in [0.25, 0.3) is 0 Å². The summed E-state index contributed by atoms with van der Waals surface area (Å²) in [4.78, 5) is 14.6. The van der Waals surface area contributed by atoms with Gasteiger partial charge in [-0.3, -0.25) is 5.32 Å². The molecular weight excluding hydrogens is 314 g/mol. The topological polar surface area (TPSA) is 67.6 Å². The van der Waals surface area contributed by atoms with Crippen molar-refractivity contribution in [2.24, 2.45) is 5.73 Å². The molecule has 0 atom stereocenters. The smallest absolute Gasteiger partial charge is 0.411 e. The molecule has 1 amide bonds. The summed E-state index contributed by atoms with van der Waals surface area (Å²) < 4.78 is 5.60. The van der Waals surface area contributed by atoms with Gasteiger partial charge in [0.1, 0.15) is 6.10 Å². The molecule has 0 bridgehead atoms. The highest BCUT2D eigenvalue weighted by Gasteiger charge is 2.22. The molecule has 0 spiro atoms. The van der Waals surface area contributed by atoms with Crippen LogP contribution in [0, 0.1) is 0 Å². The Kier molecular flexibility index (Phi) is 6.04. The van der Waals surface area contributed by atoms with Gasteiger partial charge >= 0.3 is 6.09 Å². The van der Waals surface area contributed by atoms with Crippen molar-refractivity contribution < 1.29 is 9.53 Å². The molecule has 1 aliphatic heterocycles. The number of benzene rings is 2. The number of anilines is 1. The maximum atomic E-state index is 12.3. The van der Waals surface area contributed by atoms with E-state index < -0.39 is 0 Å². The summed E-state index contributed by atoms with van der Waals surface area (Å²) in [6.45, 7) is 3.43. The highest BCUT2D eigenvalue weighted by Crippen LogP contribution is 2.27. The summed E-state index contributed by atoms with van der Waals surface area (Å²) >= 11 is 0. The Morgan fingerprint density at radius 2 is 1.76 bits per heavy atom. The first-order valence-electron chi connectivity index (χ1n) is 8.81. The summed E-state index contributed by atoms with van der Waals surface area (Å²) in [5.74, 6) is 0. The van der Waals surface area contributed by atoms with Gasteiger partial charge < -0.3 is 15.4 Å². The highest BCUT2D eigenvalue weighted by atomic mass is 16.6. The number of hydrogen-bond acceptors (Lipinski definition) is 4.